The summed E-state index contributed by atoms with van der Waals surface area (Å²) in [5, 5.41) is 10.9. The van der Waals surface area contributed by atoms with Gasteiger partial charge in [0.1, 0.15) is 0 Å². The lowest BCUT2D eigenvalue weighted by atomic mass is 10.0. The standard InChI is InChI=1S/C12H17NO3/c1-9-4-6-10(7-5-9)11(14)8-12(15)13(2)16-3/h4-7,11,14H,8H2,1-3H3. The molecule has 0 aliphatic rings. The maximum Gasteiger partial charge on any atom is 0.248 e. The van der Waals surface area contributed by atoms with Crippen molar-refractivity contribution in [1.29, 1.82) is 0 Å². The van der Waals surface area contributed by atoms with Gasteiger partial charge in [-0.1, -0.05) is 29.8 Å². The van der Waals surface area contributed by atoms with Crippen LogP contribution in [0.1, 0.15) is 23.7 Å². The lowest BCUT2D eigenvalue weighted by Gasteiger charge is -2.16. The number of hydrogen-bond acceptors (Lipinski definition) is 3. The second-order valence-electron chi connectivity index (χ2n) is 3.70. The number of aliphatic hydroxyl groups excluding tert-OH is 1. The highest BCUT2D eigenvalue weighted by atomic mass is 16.7. The van der Waals surface area contributed by atoms with Gasteiger partial charge < -0.3 is 5.11 Å². The summed E-state index contributed by atoms with van der Waals surface area (Å²) in [5.74, 6) is -0.254. The molecule has 0 radical (unpaired) electrons. The number of rotatable bonds is 4. The van der Waals surface area contributed by atoms with Crippen molar-refractivity contribution in [3.63, 3.8) is 0 Å². The highest BCUT2D eigenvalue weighted by Gasteiger charge is 2.15. The van der Waals surface area contributed by atoms with Crippen LogP contribution in [0.2, 0.25) is 0 Å². The van der Waals surface area contributed by atoms with Gasteiger partial charge in [-0.15, -0.1) is 0 Å². The molecular formula is C12H17NO3. The first-order chi connectivity index (χ1) is 7.54. The van der Waals surface area contributed by atoms with E-state index in [2.05, 4.69) is 0 Å². The van der Waals surface area contributed by atoms with Crippen LogP contribution < -0.4 is 0 Å². The Labute approximate surface area is 95.4 Å². The second kappa shape index (κ2) is 5.63. The largest absolute Gasteiger partial charge is 0.388 e. The second-order valence-corrected chi connectivity index (χ2v) is 3.70. The first kappa shape index (κ1) is 12.7. The Bertz CT molecular complexity index is 348. The minimum atomic E-state index is -0.786. The fraction of sp³-hybridized carbons (Fsp3) is 0.417. The molecule has 4 heteroatoms. The zero-order valence-electron chi connectivity index (χ0n) is 9.80. The summed E-state index contributed by atoms with van der Waals surface area (Å²) in [6.45, 7) is 1.97. The Morgan fingerprint density at radius 1 is 1.44 bits per heavy atom. The topological polar surface area (TPSA) is 49.8 Å². The molecule has 0 saturated heterocycles. The summed E-state index contributed by atoms with van der Waals surface area (Å²) >= 11 is 0. The normalized spacial score (nSPS) is 12.2. The van der Waals surface area contributed by atoms with Gasteiger partial charge in [0.25, 0.3) is 0 Å². The molecule has 1 aromatic rings. The molecule has 1 rings (SSSR count). The van der Waals surface area contributed by atoms with Crippen LogP contribution in [0.25, 0.3) is 0 Å². The number of nitrogens with zero attached hydrogens (tertiary/aromatic N) is 1. The summed E-state index contributed by atoms with van der Waals surface area (Å²) in [6, 6.07) is 7.45. The molecule has 4 nitrogen and oxygen atoms in total. The molecular weight excluding hydrogens is 206 g/mol. The van der Waals surface area contributed by atoms with Crippen molar-refractivity contribution < 1.29 is 14.7 Å². The van der Waals surface area contributed by atoms with Crippen LogP contribution in [0.4, 0.5) is 0 Å². The fourth-order valence-electron chi connectivity index (χ4n) is 1.30. The van der Waals surface area contributed by atoms with Crippen LogP contribution in [0.5, 0.6) is 0 Å². The van der Waals surface area contributed by atoms with E-state index in [1.54, 1.807) is 0 Å². The van der Waals surface area contributed by atoms with E-state index in [1.165, 1.54) is 14.2 Å². The third kappa shape index (κ3) is 3.32. The van der Waals surface area contributed by atoms with Crippen LogP contribution in [0.3, 0.4) is 0 Å². The molecule has 0 aliphatic heterocycles. The van der Waals surface area contributed by atoms with E-state index in [-0.39, 0.29) is 12.3 Å². The van der Waals surface area contributed by atoms with Crippen molar-refractivity contribution in [2.75, 3.05) is 14.2 Å². The third-order valence-electron chi connectivity index (χ3n) is 2.46. The summed E-state index contributed by atoms with van der Waals surface area (Å²) in [6.07, 6.45) is -0.765. The summed E-state index contributed by atoms with van der Waals surface area (Å²) < 4.78 is 0. The third-order valence-corrected chi connectivity index (χ3v) is 2.46. The molecule has 1 unspecified atom stereocenters. The minimum Gasteiger partial charge on any atom is -0.388 e. The van der Waals surface area contributed by atoms with E-state index in [9.17, 15) is 9.90 Å². The fourth-order valence-corrected chi connectivity index (χ4v) is 1.30. The van der Waals surface area contributed by atoms with Crippen LogP contribution in [-0.4, -0.2) is 30.2 Å². The van der Waals surface area contributed by atoms with Gasteiger partial charge in [0.2, 0.25) is 5.91 Å². The number of hydrogen-bond donors (Lipinski definition) is 1. The molecule has 0 aliphatic carbocycles. The minimum absolute atomic E-state index is 0.0212. The number of amides is 1. The van der Waals surface area contributed by atoms with Gasteiger partial charge in [0.05, 0.1) is 19.6 Å². The highest BCUT2D eigenvalue weighted by Crippen LogP contribution is 2.17. The Morgan fingerprint density at radius 3 is 2.50 bits per heavy atom. The van der Waals surface area contributed by atoms with Crippen LogP contribution in [-0.2, 0) is 9.63 Å². The van der Waals surface area contributed by atoms with Crippen molar-refractivity contribution >= 4 is 5.91 Å². The zero-order chi connectivity index (χ0) is 12.1. The van der Waals surface area contributed by atoms with E-state index in [1.807, 2.05) is 31.2 Å². The van der Waals surface area contributed by atoms with E-state index in [4.69, 9.17) is 4.84 Å². The molecule has 0 saturated carbocycles. The van der Waals surface area contributed by atoms with Crippen molar-refractivity contribution in [1.82, 2.24) is 5.06 Å². The van der Waals surface area contributed by atoms with Gasteiger partial charge in [0, 0.05) is 7.05 Å². The lowest BCUT2D eigenvalue weighted by Crippen LogP contribution is -2.26. The quantitative estimate of drug-likeness (QED) is 0.786. The molecule has 0 bridgehead atoms. The Morgan fingerprint density at radius 2 is 2.00 bits per heavy atom. The molecule has 88 valence electrons. The number of carbonyl (C=O) groups excluding carboxylic acids is 1. The highest BCUT2D eigenvalue weighted by molar-refractivity contribution is 5.75. The maximum absolute atomic E-state index is 11.5. The Balaban J connectivity index is 2.62. The van der Waals surface area contributed by atoms with Gasteiger partial charge in [-0.3, -0.25) is 9.63 Å². The molecule has 1 atom stereocenters. The SMILES string of the molecule is CON(C)C(=O)CC(O)c1ccc(C)cc1. The van der Waals surface area contributed by atoms with Crippen LogP contribution in [0.15, 0.2) is 24.3 Å². The molecule has 0 aromatic heterocycles. The summed E-state index contributed by atoms with van der Waals surface area (Å²) in [5.41, 5.74) is 1.86. The van der Waals surface area contributed by atoms with E-state index in [0.29, 0.717) is 0 Å². The van der Waals surface area contributed by atoms with E-state index < -0.39 is 6.10 Å². The van der Waals surface area contributed by atoms with E-state index >= 15 is 0 Å². The van der Waals surface area contributed by atoms with E-state index in [0.717, 1.165) is 16.2 Å². The van der Waals surface area contributed by atoms with Gasteiger partial charge in [-0.2, -0.15) is 0 Å². The zero-order valence-corrected chi connectivity index (χ0v) is 9.80. The van der Waals surface area contributed by atoms with Gasteiger partial charge in [0.15, 0.2) is 0 Å². The first-order valence-electron chi connectivity index (χ1n) is 5.10. The Kier molecular flexibility index (Phi) is 4.46. The molecule has 1 aromatic carbocycles. The summed E-state index contributed by atoms with van der Waals surface area (Å²) in [4.78, 5) is 16.2. The average molecular weight is 223 g/mol. The molecule has 16 heavy (non-hydrogen) atoms. The van der Waals surface area contributed by atoms with Crippen molar-refractivity contribution in [3.05, 3.63) is 35.4 Å². The smallest absolute Gasteiger partial charge is 0.248 e. The van der Waals surface area contributed by atoms with Crippen LogP contribution in [0, 0.1) is 6.92 Å². The molecule has 1 amide bonds. The molecule has 0 spiro atoms. The van der Waals surface area contributed by atoms with Crippen molar-refractivity contribution in [2.45, 2.75) is 19.4 Å². The predicted molar refractivity (Wildman–Crippen MR) is 60.5 cm³/mol. The molecule has 0 fully saturated rings. The van der Waals surface area contributed by atoms with Gasteiger partial charge >= 0.3 is 0 Å². The predicted octanol–water partition coefficient (Wildman–Crippen LogP) is 1.44. The monoisotopic (exact) mass is 223 g/mol. The number of benzene rings is 1. The average Bonchev–Trinajstić information content (AvgIpc) is 2.28. The Hall–Kier alpha value is -1.39. The number of carbonyl (C=O) groups is 1. The number of aryl methyl sites for hydroxylation is 1. The lowest BCUT2D eigenvalue weighted by molar-refractivity contribution is -0.170. The summed E-state index contributed by atoms with van der Waals surface area (Å²) in [7, 11) is 2.93. The van der Waals surface area contributed by atoms with Crippen molar-refractivity contribution in [2.24, 2.45) is 0 Å². The van der Waals surface area contributed by atoms with Crippen molar-refractivity contribution in [3.8, 4) is 0 Å². The maximum atomic E-state index is 11.5. The molecule has 0 heterocycles. The number of aliphatic hydroxyl groups is 1. The first-order valence-corrected chi connectivity index (χ1v) is 5.10. The van der Waals surface area contributed by atoms with Crippen LogP contribution >= 0.6 is 0 Å². The number of hydroxylamine groups is 2. The molecule has 1 N–H and O–H groups in total. The van der Waals surface area contributed by atoms with Gasteiger partial charge in [-0.25, -0.2) is 5.06 Å². The van der Waals surface area contributed by atoms with Gasteiger partial charge in [-0.05, 0) is 12.5 Å².